The van der Waals surface area contributed by atoms with Crippen LogP contribution in [0.25, 0.3) is 0 Å². The number of rotatable bonds is 7. The van der Waals surface area contributed by atoms with Gasteiger partial charge in [-0.3, -0.25) is 0 Å². The van der Waals surface area contributed by atoms with Gasteiger partial charge in [-0.15, -0.1) is 0 Å². The van der Waals surface area contributed by atoms with Crippen LogP contribution in [0.4, 0.5) is 0 Å². The van der Waals surface area contributed by atoms with Crippen molar-refractivity contribution in [2.24, 2.45) is 5.41 Å². The Morgan fingerprint density at radius 1 is 1.20 bits per heavy atom. The van der Waals surface area contributed by atoms with Gasteiger partial charge in [0.25, 0.3) is 0 Å². The van der Waals surface area contributed by atoms with Gasteiger partial charge in [-0.1, -0.05) is 13.8 Å². The zero-order chi connectivity index (χ0) is 15.2. The fourth-order valence-electron chi connectivity index (χ4n) is 2.79. The molecule has 1 heterocycles. The van der Waals surface area contributed by atoms with Gasteiger partial charge < -0.3 is 15.0 Å². The maximum absolute atomic E-state index is 5.85. The van der Waals surface area contributed by atoms with Crippen LogP contribution in [0.2, 0.25) is 0 Å². The van der Waals surface area contributed by atoms with Crippen molar-refractivity contribution in [1.29, 1.82) is 0 Å². The van der Waals surface area contributed by atoms with E-state index in [4.69, 9.17) is 4.74 Å². The van der Waals surface area contributed by atoms with Crippen LogP contribution in [-0.2, 0) is 4.74 Å². The second-order valence-corrected chi connectivity index (χ2v) is 7.95. The Hall–Kier alpha value is -0.120. The second-order valence-electron chi connectivity index (χ2n) is 7.95. The zero-order valence-corrected chi connectivity index (χ0v) is 14.6. The molecule has 3 nitrogen and oxygen atoms in total. The van der Waals surface area contributed by atoms with Crippen LogP contribution >= 0.6 is 0 Å². The summed E-state index contributed by atoms with van der Waals surface area (Å²) < 4.78 is 5.85. The molecule has 2 atom stereocenters. The van der Waals surface area contributed by atoms with E-state index in [1.807, 2.05) is 0 Å². The summed E-state index contributed by atoms with van der Waals surface area (Å²) in [7, 11) is 2.24. The molecule has 20 heavy (non-hydrogen) atoms. The predicted molar refractivity (Wildman–Crippen MR) is 87.2 cm³/mol. The van der Waals surface area contributed by atoms with Crippen LogP contribution in [0.5, 0.6) is 0 Å². The van der Waals surface area contributed by atoms with Gasteiger partial charge in [0.2, 0.25) is 0 Å². The Morgan fingerprint density at radius 3 is 2.40 bits per heavy atom. The summed E-state index contributed by atoms with van der Waals surface area (Å²) in [6.07, 6.45) is 5.45. The molecule has 1 N–H and O–H groups in total. The first-order valence-electron chi connectivity index (χ1n) is 8.29. The lowest BCUT2D eigenvalue weighted by molar-refractivity contribution is -0.00748. The molecule has 120 valence electrons. The summed E-state index contributed by atoms with van der Waals surface area (Å²) >= 11 is 0. The van der Waals surface area contributed by atoms with E-state index in [0.29, 0.717) is 11.5 Å². The highest BCUT2D eigenvalue weighted by atomic mass is 16.5. The molecule has 0 bridgehead atoms. The van der Waals surface area contributed by atoms with E-state index in [-0.39, 0.29) is 5.54 Å². The number of ether oxygens (including phenoxy) is 1. The van der Waals surface area contributed by atoms with Crippen LogP contribution in [0.1, 0.15) is 60.3 Å². The maximum Gasteiger partial charge on any atom is 0.0701 e. The first kappa shape index (κ1) is 17.9. The lowest BCUT2D eigenvalue weighted by Crippen LogP contribution is -2.48. The highest BCUT2D eigenvalue weighted by molar-refractivity contribution is 4.83. The highest BCUT2D eigenvalue weighted by Gasteiger charge is 2.27. The predicted octanol–water partition coefficient (Wildman–Crippen LogP) is 3.29. The van der Waals surface area contributed by atoms with E-state index < -0.39 is 0 Å². The van der Waals surface area contributed by atoms with E-state index in [1.54, 1.807) is 0 Å². The molecule has 0 aromatic carbocycles. The van der Waals surface area contributed by atoms with Gasteiger partial charge in [-0.25, -0.2) is 0 Å². The minimum absolute atomic E-state index is 0.196. The average Bonchev–Trinajstić information content (AvgIpc) is 2.37. The third kappa shape index (κ3) is 7.05. The van der Waals surface area contributed by atoms with Crippen LogP contribution in [0.15, 0.2) is 0 Å². The molecule has 0 aromatic heterocycles. The molecular weight excluding hydrogens is 248 g/mol. The molecule has 0 radical (unpaired) electrons. The van der Waals surface area contributed by atoms with Gasteiger partial charge in [0.15, 0.2) is 0 Å². The van der Waals surface area contributed by atoms with Crippen molar-refractivity contribution in [3.63, 3.8) is 0 Å². The molecule has 3 heteroatoms. The smallest absolute Gasteiger partial charge is 0.0701 e. The molecule has 0 aromatic rings. The molecule has 2 unspecified atom stereocenters. The van der Waals surface area contributed by atoms with Crippen LogP contribution < -0.4 is 5.32 Å². The third-order valence-corrected chi connectivity index (χ3v) is 4.34. The molecule has 1 fully saturated rings. The summed E-state index contributed by atoms with van der Waals surface area (Å²) in [4.78, 5) is 2.46. The highest BCUT2D eigenvalue weighted by Crippen LogP contribution is 2.23. The molecule has 1 saturated heterocycles. The largest absolute Gasteiger partial charge is 0.377 e. The minimum Gasteiger partial charge on any atom is -0.377 e. The summed E-state index contributed by atoms with van der Waals surface area (Å²) in [5, 5.41) is 3.66. The van der Waals surface area contributed by atoms with Crippen LogP contribution in [0, 0.1) is 5.41 Å². The van der Waals surface area contributed by atoms with Crippen molar-refractivity contribution in [2.45, 2.75) is 71.9 Å². The van der Waals surface area contributed by atoms with E-state index in [2.05, 4.69) is 51.9 Å². The Bertz CT molecular complexity index is 269. The van der Waals surface area contributed by atoms with Crippen LogP contribution in [0.3, 0.4) is 0 Å². The maximum atomic E-state index is 5.85. The van der Waals surface area contributed by atoms with Gasteiger partial charge in [0.1, 0.15) is 0 Å². The van der Waals surface area contributed by atoms with Crippen molar-refractivity contribution >= 4 is 0 Å². The van der Waals surface area contributed by atoms with Gasteiger partial charge in [0.05, 0.1) is 6.10 Å². The number of likely N-dealkylation sites (N-methyl/N-ethyl adjacent to an activating group) is 1. The van der Waals surface area contributed by atoms with E-state index in [9.17, 15) is 0 Å². The molecule has 0 saturated carbocycles. The summed E-state index contributed by atoms with van der Waals surface area (Å²) in [5.74, 6) is 0. The molecule has 1 aliphatic heterocycles. The van der Waals surface area contributed by atoms with Crippen molar-refractivity contribution in [3.05, 3.63) is 0 Å². The van der Waals surface area contributed by atoms with Gasteiger partial charge in [-0.2, -0.15) is 0 Å². The number of nitrogens with zero attached hydrogens (tertiary/aromatic N) is 1. The Labute approximate surface area is 126 Å². The van der Waals surface area contributed by atoms with E-state index >= 15 is 0 Å². The lowest BCUT2D eigenvalue weighted by Gasteiger charge is -2.37. The van der Waals surface area contributed by atoms with Crippen LogP contribution in [-0.4, -0.2) is 49.8 Å². The third-order valence-electron chi connectivity index (χ3n) is 4.34. The van der Waals surface area contributed by atoms with Crippen molar-refractivity contribution < 1.29 is 4.74 Å². The topological polar surface area (TPSA) is 24.5 Å². The lowest BCUT2D eigenvalue weighted by atomic mass is 9.86. The molecule has 1 rings (SSSR count). The number of hydrogen-bond acceptors (Lipinski definition) is 3. The number of nitrogens with one attached hydrogen (secondary N) is 1. The monoisotopic (exact) mass is 284 g/mol. The fraction of sp³-hybridized carbons (Fsp3) is 1.00. The van der Waals surface area contributed by atoms with E-state index in [0.717, 1.165) is 26.2 Å². The summed E-state index contributed by atoms with van der Waals surface area (Å²) in [5.41, 5.74) is 0.526. The zero-order valence-electron chi connectivity index (χ0n) is 14.6. The Kier molecular flexibility index (Phi) is 6.96. The normalized spacial score (nSPS) is 23.9. The molecule has 0 spiro atoms. The Balaban J connectivity index is 2.40. The molecule has 0 aliphatic carbocycles. The van der Waals surface area contributed by atoms with Crippen molar-refractivity contribution in [1.82, 2.24) is 10.2 Å². The molecule has 0 amide bonds. The first-order valence-corrected chi connectivity index (χ1v) is 8.29. The van der Waals surface area contributed by atoms with Crippen molar-refractivity contribution in [3.8, 4) is 0 Å². The second kappa shape index (κ2) is 7.77. The van der Waals surface area contributed by atoms with Gasteiger partial charge >= 0.3 is 0 Å². The Morgan fingerprint density at radius 2 is 1.90 bits per heavy atom. The van der Waals surface area contributed by atoms with Crippen molar-refractivity contribution in [2.75, 3.05) is 33.3 Å². The quantitative estimate of drug-likeness (QED) is 0.776. The SMILES string of the molecule is CCC(C)(CNC(C)(C)C)CN(C)CC1CCCCO1. The molecule has 1 aliphatic rings. The average molecular weight is 284 g/mol. The fourth-order valence-corrected chi connectivity index (χ4v) is 2.79. The van der Waals surface area contributed by atoms with Gasteiger partial charge in [0, 0.05) is 31.8 Å². The van der Waals surface area contributed by atoms with E-state index in [1.165, 1.54) is 25.7 Å². The minimum atomic E-state index is 0.196. The first-order chi connectivity index (χ1) is 9.24. The molecular formula is C17H36N2O. The van der Waals surface area contributed by atoms with Gasteiger partial charge in [-0.05, 0) is 58.9 Å². The standard InChI is InChI=1S/C17H36N2O/c1-7-17(5,13-18-16(2,3)4)14-19(6)12-15-10-8-9-11-20-15/h15,18H,7-14H2,1-6H3. The summed E-state index contributed by atoms with van der Waals surface area (Å²) in [6.45, 7) is 15.6. The number of hydrogen-bond donors (Lipinski definition) is 1. The summed E-state index contributed by atoms with van der Waals surface area (Å²) in [6, 6.07) is 0.